The Morgan fingerprint density at radius 3 is 2.06 bits per heavy atom. The van der Waals surface area contributed by atoms with E-state index in [1.54, 1.807) is 0 Å². The van der Waals surface area contributed by atoms with Crippen molar-refractivity contribution in [2.24, 2.45) is 0 Å². The largest absolute Gasteiger partial charge is 0.395 e. The highest BCUT2D eigenvalue weighted by atomic mass is 16.7. The smallest absolute Gasteiger partial charge is 0.312 e. The van der Waals surface area contributed by atoms with E-state index in [1.165, 1.54) is 14.2 Å². The summed E-state index contributed by atoms with van der Waals surface area (Å²) >= 11 is 0. The van der Waals surface area contributed by atoms with Gasteiger partial charge >= 0.3 is 11.8 Å². The Morgan fingerprint density at radius 2 is 1.67 bits per heavy atom. The van der Waals surface area contributed by atoms with E-state index >= 15 is 0 Å². The van der Waals surface area contributed by atoms with E-state index in [1.807, 2.05) is 0 Å². The molecule has 2 amide bonds. The van der Waals surface area contributed by atoms with E-state index in [2.05, 4.69) is 5.32 Å². The third kappa shape index (κ3) is 5.92. The quantitative estimate of drug-likeness (QED) is 0.331. The topological polar surface area (TPSA) is 108 Å². The number of hydrogen-bond acceptors (Lipinski definition) is 6. The highest BCUT2D eigenvalue weighted by Gasteiger charge is 2.21. The average molecular weight is 264 g/mol. The predicted molar refractivity (Wildman–Crippen MR) is 61.6 cm³/mol. The molecule has 0 aliphatic rings. The van der Waals surface area contributed by atoms with Gasteiger partial charge in [0.2, 0.25) is 0 Å². The standard InChI is InChI=1S/C10H20N2O6/c1-17-8(18-2)7-11-9(15)10(16)12(3-5-13)4-6-14/h8,13-14H,3-7H2,1-2H3,(H,11,15). The van der Waals surface area contributed by atoms with Crippen molar-refractivity contribution in [1.82, 2.24) is 10.2 Å². The fourth-order valence-corrected chi connectivity index (χ4v) is 1.21. The van der Waals surface area contributed by atoms with Crippen LogP contribution in [0.15, 0.2) is 0 Å². The minimum Gasteiger partial charge on any atom is -0.395 e. The molecule has 0 aromatic rings. The van der Waals surface area contributed by atoms with Gasteiger partial charge in [-0.05, 0) is 0 Å². The van der Waals surface area contributed by atoms with Crippen molar-refractivity contribution < 1.29 is 29.3 Å². The zero-order valence-corrected chi connectivity index (χ0v) is 10.6. The van der Waals surface area contributed by atoms with Crippen LogP contribution >= 0.6 is 0 Å². The second kappa shape index (κ2) is 9.77. The summed E-state index contributed by atoms with van der Waals surface area (Å²) in [5.41, 5.74) is 0. The van der Waals surface area contributed by atoms with Crippen molar-refractivity contribution in [2.45, 2.75) is 6.29 Å². The van der Waals surface area contributed by atoms with Crippen molar-refractivity contribution in [3.8, 4) is 0 Å². The van der Waals surface area contributed by atoms with E-state index in [0.29, 0.717) is 0 Å². The van der Waals surface area contributed by atoms with Crippen LogP contribution < -0.4 is 5.32 Å². The maximum Gasteiger partial charge on any atom is 0.312 e. The molecule has 0 fully saturated rings. The van der Waals surface area contributed by atoms with E-state index in [0.717, 1.165) is 4.90 Å². The number of rotatable bonds is 8. The lowest BCUT2D eigenvalue weighted by Crippen LogP contribution is -2.47. The predicted octanol–water partition coefficient (Wildman–Crippen LogP) is -2.47. The van der Waals surface area contributed by atoms with Crippen molar-refractivity contribution in [2.75, 3.05) is 47.1 Å². The van der Waals surface area contributed by atoms with Gasteiger partial charge < -0.3 is 29.9 Å². The lowest BCUT2D eigenvalue weighted by molar-refractivity contribution is -0.148. The molecule has 0 spiro atoms. The van der Waals surface area contributed by atoms with Crippen LogP contribution in [0.3, 0.4) is 0 Å². The first-order valence-corrected chi connectivity index (χ1v) is 5.45. The molecule has 0 aliphatic carbocycles. The van der Waals surface area contributed by atoms with Gasteiger partial charge in [-0.1, -0.05) is 0 Å². The first-order chi connectivity index (χ1) is 8.60. The minimum absolute atomic E-state index is 0.00913. The molecule has 0 saturated heterocycles. The molecule has 106 valence electrons. The lowest BCUT2D eigenvalue weighted by Gasteiger charge is -2.20. The lowest BCUT2D eigenvalue weighted by atomic mass is 10.4. The molecule has 0 bridgehead atoms. The fourth-order valence-electron chi connectivity index (χ4n) is 1.21. The molecular formula is C10H20N2O6. The molecule has 0 aliphatic heterocycles. The van der Waals surface area contributed by atoms with Gasteiger partial charge in [-0.25, -0.2) is 0 Å². The normalized spacial score (nSPS) is 10.5. The molecule has 0 unspecified atom stereocenters. The number of nitrogens with zero attached hydrogens (tertiary/aromatic N) is 1. The molecule has 0 aromatic heterocycles. The summed E-state index contributed by atoms with van der Waals surface area (Å²) in [6, 6.07) is 0. The summed E-state index contributed by atoms with van der Waals surface area (Å²) in [5.74, 6) is -1.65. The summed E-state index contributed by atoms with van der Waals surface area (Å²) < 4.78 is 9.69. The number of amides is 2. The SMILES string of the molecule is COC(CNC(=O)C(=O)N(CCO)CCO)OC. The molecule has 3 N–H and O–H groups in total. The number of carbonyl (C=O) groups excluding carboxylic acids is 2. The molecule has 8 heteroatoms. The van der Waals surface area contributed by atoms with Gasteiger partial charge in [-0.15, -0.1) is 0 Å². The van der Waals surface area contributed by atoms with Crippen LogP contribution in [-0.2, 0) is 19.1 Å². The van der Waals surface area contributed by atoms with Gasteiger partial charge in [0.15, 0.2) is 6.29 Å². The summed E-state index contributed by atoms with van der Waals surface area (Å²) in [4.78, 5) is 24.2. The van der Waals surface area contributed by atoms with Gasteiger partial charge in [-0.3, -0.25) is 9.59 Å². The van der Waals surface area contributed by atoms with E-state index in [4.69, 9.17) is 19.7 Å². The maximum absolute atomic E-state index is 11.6. The van der Waals surface area contributed by atoms with Crippen molar-refractivity contribution in [3.63, 3.8) is 0 Å². The summed E-state index contributed by atoms with van der Waals surface area (Å²) in [6.45, 7) is -0.547. The number of ether oxygens (including phenoxy) is 2. The monoisotopic (exact) mass is 264 g/mol. The molecule has 0 saturated carbocycles. The van der Waals surface area contributed by atoms with E-state index in [9.17, 15) is 9.59 Å². The Bertz CT molecular complexity index is 251. The number of aliphatic hydroxyl groups is 2. The van der Waals surface area contributed by atoms with Crippen LogP contribution in [0.25, 0.3) is 0 Å². The van der Waals surface area contributed by atoms with Crippen molar-refractivity contribution >= 4 is 11.8 Å². The zero-order valence-electron chi connectivity index (χ0n) is 10.6. The maximum atomic E-state index is 11.6. The number of methoxy groups -OCH3 is 2. The molecular weight excluding hydrogens is 244 g/mol. The van der Waals surface area contributed by atoms with Gasteiger partial charge in [0.1, 0.15) is 0 Å². The van der Waals surface area contributed by atoms with Crippen LogP contribution in [0.1, 0.15) is 0 Å². The Morgan fingerprint density at radius 1 is 1.17 bits per heavy atom. The summed E-state index contributed by atoms with van der Waals surface area (Å²) in [7, 11) is 2.82. The van der Waals surface area contributed by atoms with E-state index in [-0.39, 0.29) is 32.8 Å². The van der Waals surface area contributed by atoms with Crippen LogP contribution in [-0.4, -0.2) is 80.3 Å². The number of carbonyl (C=O) groups is 2. The molecule has 0 heterocycles. The Hall–Kier alpha value is -1.22. The van der Waals surface area contributed by atoms with Crippen LogP contribution in [0.5, 0.6) is 0 Å². The Labute approximate surface area is 105 Å². The first kappa shape index (κ1) is 16.8. The number of nitrogens with one attached hydrogen (secondary N) is 1. The third-order valence-electron chi connectivity index (χ3n) is 2.18. The second-order valence-corrected chi connectivity index (χ2v) is 3.35. The molecule has 8 nitrogen and oxygen atoms in total. The molecule has 0 rings (SSSR count). The second-order valence-electron chi connectivity index (χ2n) is 3.35. The van der Waals surface area contributed by atoms with Crippen molar-refractivity contribution in [3.05, 3.63) is 0 Å². The van der Waals surface area contributed by atoms with Gasteiger partial charge in [-0.2, -0.15) is 0 Å². The van der Waals surface area contributed by atoms with Gasteiger partial charge in [0.25, 0.3) is 0 Å². The Balaban J connectivity index is 4.25. The molecule has 0 radical (unpaired) electrons. The number of hydrogen-bond donors (Lipinski definition) is 3. The van der Waals surface area contributed by atoms with Crippen LogP contribution in [0.2, 0.25) is 0 Å². The zero-order chi connectivity index (χ0) is 14.0. The molecule has 0 aromatic carbocycles. The molecule has 0 atom stereocenters. The van der Waals surface area contributed by atoms with Gasteiger partial charge in [0.05, 0.1) is 19.8 Å². The summed E-state index contributed by atoms with van der Waals surface area (Å²) in [5, 5.41) is 19.8. The number of aliphatic hydroxyl groups excluding tert-OH is 2. The van der Waals surface area contributed by atoms with E-state index < -0.39 is 18.1 Å². The Kier molecular flexibility index (Phi) is 9.11. The fraction of sp³-hybridized carbons (Fsp3) is 0.800. The summed E-state index contributed by atoms with van der Waals surface area (Å²) in [6.07, 6.45) is -0.633. The minimum atomic E-state index is -0.837. The van der Waals surface area contributed by atoms with Gasteiger partial charge in [0, 0.05) is 27.3 Å². The third-order valence-corrected chi connectivity index (χ3v) is 2.18. The first-order valence-electron chi connectivity index (χ1n) is 5.45. The highest BCUT2D eigenvalue weighted by Crippen LogP contribution is 1.92. The molecule has 18 heavy (non-hydrogen) atoms. The van der Waals surface area contributed by atoms with Crippen LogP contribution in [0.4, 0.5) is 0 Å². The average Bonchev–Trinajstić information content (AvgIpc) is 2.38. The highest BCUT2D eigenvalue weighted by molar-refractivity contribution is 6.35. The van der Waals surface area contributed by atoms with Crippen LogP contribution in [0, 0.1) is 0 Å². The van der Waals surface area contributed by atoms with Crippen molar-refractivity contribution in [1.29, 1.82) is 0 Å².